The maximum Gasteiger partial charge on any atom is 0.336 e. The summed E-state index contributed by atoms with van der Waals surface area (Å²) in [6.45, 7) is 9.19. The van der Waals surface area contributed by atoms with E-state index in [-0.39, 0.29) is 18.3 Å². The maximum absolute atomic E-state index is 12.9. The van der Waals surface area contributed by atoms with E-state index in [1.165, 1.54) is 6.07 Å². The molecule has 1 aromatic rings. The first kappa shape index (κ1) is 20.1. The number of esters is 2. The Hall–Kier alpha value is -2.15. The normalized spacial score (nSPS) is 37.7. The maximum atomic E-state index is 12.9. The van der Waals surface area contributed by atoms with Gasteiger partial charge < -0.3 is 19.0 Å². The van der Waals surface area contributed by atoms with Crippen LogP contribution in [0.25, 0.3) is 0 Å². The lowest BCUT2D eigenvalue weighted by molar-refractivity contribution is -0.167. The molecule has 2 heterocycles. The van der Waals surface area contributed by atoms with Gasteiger partial charge >= 0.3 is 17.6 Å². The second-order valence-corrected chi connectivity index (χ2v) is 9.28. The number of aliphatic hydroxyl groups excluding tert-OH is 1. The van der Waals surface area contributed by atoms with Gasteiger partial charge in [-0.05, 0) is 25.3 Å². The monoisotopic (exact) mass is 404 g/mol. The summed E-state index contributed by atoms with van der Waals surface area (Å²) in [4.78, 5) is 37.6. The second-order valence-electron chi connectivity index (χ2n) is 9.28. The summed E-state index contributed by atoms with van der Waals surface area (Å²) in [6, 6.07) is 1.39. The lowest BCUT2D eigenvalue weighted by Crippen LogP contribution is -2.60. The molecule has 3 aliphatic rings. The topological polar surface area (TPSA) is 103 Å². The van der Waals surface area contributed by atoms with Gasteiger partial charge in [0.15, 0.2) is 6.10 Å². The molecule has 0 spiro atoms. The van der Waals surface area contributed by atoms with Crippen molar-refractivity contribution in [1.82, 2.24) is 0 Å². The largest absolute Gasteiger partial charge is 0.457 e. The molecule has 2 aliphatic carbocycles. The highest BCUT2D eigenvalue weighted by Gasteiger charge is 2.70. The van der Waals surface area contributed by atoms with Crippen LogP contribution in [0, 0.1) is 11.3 Å². The lowest BCUT2D eigenvalue weighted by Gasteiger charge is -2.54. The van der Waals surface area contributed by atoms with Gasteiger partial charge in [0, 0.05) is 35.3 Å². The number of carbonyl (C=O) groups excluding carboxylic acids is 2. The van der Waals surface area contributed by atoms with Crippen LogP contribution in [0.4, 0.5) is 0 Å². The van der Waals surface area contributed by atoms with Crippen molar-refractivity contribution in [2.45, 2.75) is 83.5 Å². The van der Waals surface area contributed by atoms with E-state index in [1.807, 2.05) is 27.7 Å². The second kappa shape index (κ2) is 6.42. The highest BCUT2D eigenvalue weighted by atomic mass is 16.6. The third-order valence-corrected chi connectivity index (χ3v) is 7.26. The van der Waals surface area contributed by atoms with Crippen molar-refractivity contribution in [2.75, 3.05) is 0 Å². The molecule has 29 heavy (non-hydrogen) atoms. The third kappa shape index (κ3) is 2.56. The highest BCUT2D eigenvalue weighted by Crippen LogP contribution is 2.64. The Balaban J connectivity index is 2.05. The van der Waals surface area contributed by atoms with E-state index in [4.69, 9.17) is 13.9 Å². The van der Waals surface area contributed by atoms with E-state index in [2.05, 4.69) is 0 Å². The van der Waals surface area contributed by atoms with Crippen LogP contribution in [0.2, 0.25) is 0 Å². The van der Waals surface area contributed by atoms with Gasteiger partial charge in [-0.1, -0.05) is 27.7 Å². The van der Waals surface area contributed by atoms with Crippen molar-refractivity contribution in [3.63, 3.8) is 0 Å². The van der Waals surface area contributed by atoms with Crippen LogP contribution in [0.5, 0.6) is 0 Å². The minimum atomic E-state index is -0.895. The molecule has 7 nitrogen and oxygen atoms in total. The summed E-state index contributed by atoms with van der Waals surface area (Å²) in [5.41, 5.74) is -1.07. The van der Waals surface area contributed by atoms with Crippen molar-refractivity contribution in [3.05, 3.63) is 33.4 Å². The number of hydrogen-bond acceptors (Lipinski definition) is 7. The summed E-state index contributed by atoms with van der Waals surface area (Å²) >= 11 is 0. The molecule has 6 atom stereocenters. The zero-order valence-electron chi connectivity index (χ0n) is 17.5. The Morgan fingerprint density at radius 2 is 2.03 bits per heavy atom. The number of rotatable bonds is 3. The van der Waals surface area contributed by atoms with Gasteiger partial charge in [-0.25, -0.2) is 4.79 Å². The first-order valence-electron chi connectivity index (χ1n) is 10.3. The van der Waals surface area contributed by atoms with Crippen LogP contribution in [0.15, 0.2) is 15.3 Å². The van der Waals surface area contributed by atoms with E-state index in [1.54, 1.807) is 6.92 Å². The van der Waals surface area contributed by atoms with Gasteiger partial charge in [-0.3, -0.25) is 9.59 Å². The minimum Gasteiger partial charge on any atom is -0.457 e. The lowest BCUT2D eigenvalue weighted by atomic mass is 9.48. The standard InChI is InChI=1S/C22H28O7/c1-6-13(24)27-17-15-11(9-14(25)28-16(15)10(2)3)22(5)12(23)7-8-21(4)19(22)18(17)29-20(21)26/h9-10,12,17-19,23H,6-8H2,1-5H3/t12-,17-,18-,19+,21+,22+/m1/s1. The number of carbonyl (C=O) groups is 2. The predicted molar refractivity (Wildman–Crippen MR) is 102 cm³/mol. The number of fused-ring (bicyclic) bond motifs is 2. The number of hydrogen-bond donors (Lipinski definition) is 1. The molecule has 0 aromatic carbocycles. The summed E-state index contributed by atoms with van der Waals surface area (Å²) in [7, 11) is 0. The molecule has 2 fully saturated rings. The number of ether oxygens (including phenoxy) is 2. The Morgan fingerprint density at radius 3 is 2.66 bits per heavy atom. The van der Waals surface area contributed by atoms with E-state index in [0.717, 1.165) is 0 Å². The minimum absolute atomic E-state index is 0.162. The SMILES string of the molecule is CCC(=O)O[C@@H]1c2c(cc(=O)oc2C(C)C)[C@@]2(C)[C@H](O)CC[C@]3(C)C(=O)O[C@H]1[C@H]23. The average molecular weight is 404 g/mol. The van der Waals surface area contributed by atoms with Gasteiger partial charge in [-0.2, -0.15) is 0 Å². The third-order valence-electron chi connectivity index (χ3n) is 7.26. The van der Waals surface area contributed by atoms with Crippen LogP contribution >= 0.6 is 0 Å². The first-order chi connectivity index (χ1) is 13.6. The molecule has 4 rings (SSSR count). The molecule has 158 valence electrons. The summed E-state index contributed by atoms with van der Waals surface area (Å²) < 4.78 is 17.2. The molecule has 1 saturated heterocycles. The Kier molecular flexibility index (Phi) is 4.46. The summed E-state index contributed by atoms with van der Waals surface area (Å²) in [5, 5.41) is 11.1. The van der Waals surface area contributed by atoms with Crippen LogP contribution in [0.3, 0.4) is 0 Å². The fraction of sp³-hybridized carbons (Fsp3) is 0.682. The van der Waals surface area contributed by atoms with Gasteiger partial charge in [0.2, 0.25) is 0 Å². The van der Waals surface area contributed by atoms with Gasteiger partial charge in [0.05, 0.1) is 11.5 Å². The van der Waals surface area contributed by atoms with Gasteiger partial charge in [-0.15, -0.1) is 0 Å². The van der Waals surface area contributed by atoms with E-state index < -0.39 is 46.7 Å². The highest BCUT2D eigenvalue weighted by molar-refractivity contribution is 5.81. The fourth-order valence-electron chi connectivity index (χ4n) is 5.81. The van der Waals surface area contributed by atoms with Crippen molar-refractivity contribution in [1.29, 1.82) is 0 Å². The molecule has 0 amide bonds. The average Bonchev–Trinajstić information content (AvgIpc) is 2.94. The van der Waals surface area contributed by atoms with Crippen molar-refractivity contribution in [3.8, 4) is 0 Å². The Morgan fingerprint density at radius 1 is 1.34 bits per heavy atom. The molecule has 7 heteroatoms. The van der Waals surface area contributed by atoms with Crippen LogP contribution in [-0.2, 0) is 24.5 Å². The molecule has 0 unspecified atom stereocenters. The summed E-state index contributed by atoms with van der Waals surface area (Å²) in [6.07, 6.45) is -1.30. The van der Waals surface area contributed by atoms with Gasteiger partial charge in [0.25, 0.3) is 0 Å². The smallest absolute Gasteiger partial charge is 0.336 e. The Labute approximate surface area is 169 Å². The molecule has 1 aliphatic heterocycles. The zero-order valence-corrected chi connectivity index (χ0v) is 17.5. The fourth-order valence-corrected chi connectivity index (χ4v) is 5.81. The molecule has 0 radical (unpaired) electrons. The van der Waals surface area contributed by atoms with E-state index in [9.17, 15) is 19.5 Å². The quantitative estimate of drug-likeness (QED) is 0.773. The molecular formula is C22H28O7. The molecule has 1 saturated carbocycles. The number of aliphatic hydroxyl groups is 1. The van der Waals surface area contributed by atoms with Crippen molar-refractivity contribution >= 4 is 11.9 Å². The molecule has 1 N–H and O–H groups in total. The van der Waals surface area contributed by atoms with E-state index in [0.29, 0.717) is 29.7 Å². The van der Waals surface area contributed by atoms with Crippen LogP contribution < -0.4 is 5.63 Å². The van der Waals surface area contributed by atoms with Crippen molar-refractivity contribution in [2.24, 2.45) is 11.3 Å². The molecular weight excluding hydrogens is 376 g/mol. The van der Waals surface area contributed by atoms with Crippen molar-refractivity contribution < 1.29 is 28.6 Å². The zero-order chi connectivity index (χ0) is 21.3. The molecule has 0 bridgehead atoms. The van der Waals surface area contributed by atoms with E-state index >= 15 is 0 Å². The first-order valence-corrected chi connectivity index (χ1v) is 10.3. The van der Waals surface area contributed by atoms with Gasteiger partial charge in [0.1, 0.15) is 11.9 Å². The van der Waals surface area contributed by atoms with Crippen LogP contribution in [-0.4, -0.2) is 29.3 Å². The Bertz CT molecular complexity index is 932. The summed E-state index contributed by atoms with van der Waals surface area (Å²) in [5.74, 6) is -0.948. The molecule has 1 aromatic heterocycles. The van der Waals surface area contributed by atoms with Crippen LogP contribution in [0.1, 0.15) is 82.8 Å². The predicted octanol–water partition coefficient (Wildman–Crippen LogP) is 2.73.